The Morgan fingerprint density at radius 1 is 0.931 bits per heavy atom. The zero-order valence-corrected chi connectivity index (χ0v) is 17.6. The molecule has 0 N–H and O–H groups in total. The molecule has 1 amide bonds. The van der Waals surface area contributed by atoms with E-state index in [0.717, 1.165) is 5.56 Å². The fourth-order valence-corrected chi connectivity index (χ4v) is 5.04. The minimum absolute atomic E-state index is 0.0431. The molecule has 1 heterocycles. The summed E-state index contributed by atoms with van der Waals surface area (Å²) >= 11 is 0. The number of carbonyl (C=O) groups excluding carboxylic acids is 2. The highest BCUT2D eigenvalue weighted by Crippen LogP contribution is 2.24. The summed E-state index contributed by atoms with van der Waals surface area (Å²) in [7, 11) is -3.65. The first kappa shape index (κ1) is 21.2. The van der Waals surface area contributed by atoms with Crippen molar-refractivity contribution in [1.82, 2.24) is 9.21 Å². The van der Waals surface area contributed by atoms with Gasteiger partial charge in [-0.3, -0.25) is 9.59 Å². The number of hydrogen-bond donors (Lipinski definition) is 0. The van der Waals surface area contributed by atoms with Crippen LogP contribution >= 0.6 is 0 Å². The molecule has 2 aromatic rings. The number of sulfonamides is 1. The van der Waals surface area contributed by atoms with Crippen molar-refractivity contribution in [2.45, 2.75) is 31.1 Å². The second kappa shape index (κ2) is 8.88. The molecule has 154 valence electrons. The number of nitrogens with zero attached hydrogens (tertiary/aromatic N) is 2. The van der Waals surface area contributed by atoms with Crippen molar-refractivity contribution in [2.24, 2.45) is 0 Å². The number of hydrogen-bond acceptors (Lipinski definition) is 4. The number of carbonyl (C=O) groups is 2. The Bertz CT molecular complexity index is 964. The van der Waals surface area contributed by atoms with Gasteiger partial charge in [0.15, 0.2) is 5.78 Å². The van der Waals surface area contributed by atoms with Crippen LogP contribution in [0.5, 0.6) is 0 Å². The first-order valence-electron chi connectivity index (χ1n) is 9.79. The fraction of sp³-hybridized carbons (Fsp3) is 0.364. The zero-order valence-electron chi connectivity index (χ0n) is 16.7. The lowest BCUT2D eigenvalue weighted by Crippen LogP contribution is -2.51. The van der Waals surface area contributed by atoms with E-state index < -0.39 is 10.0 Å². The van der Waals surface area contributed by atoms with Crippen molar-refractivity contribution in [3.8, 4) is 0 Å². The van der Waals surface area contributed by atoms with E-state index in [0.29, 0.717) is 25.1 Å². The van der Waals surface area contributed by atoms with Crippen molar-refractivity contribution < 1.29 is 18.0 Å². The lowest BCUT2D eigenvalue weighted by molar-refractivity contribution is -0.134. The molecule has 1 fully saturated rings. The van der Waals surface area contributed by atoms with Crippen LogP contribution in [0.25, 0.3) is 0 Å². The molecule has 2 aromatic carbocycles. The molecule has 0 radical (unpaired) electrons. The summed E-state index contributed by atoms with van der Waals surface area (Å²) in [6, 6.07) is 15.7. The maximum Gasteiger partial charge on any atom is 0.243 e. The van der Waals surface area contributed by atoms with E-state index >= 15 is 0 Å². The van der Waals surface area contributed by atoms with E-state index in [1.807, 2.05) is 37.3 Å². The van der Waals surface area contributed by atoms with E-state index in [4.69, 9.17) is 0 Å². The van der Waals surface area contributed by atoms with Crippen LogP contribution in [-0.2, 0) is 14.8 Å². The van der Waals surface area contributed by atoms with Gasteiger partial charge in [-0.25, -0.2) is 8.42 Å². The van der Waals surface area contributed by atoms with Crippen molar-refractivity contribution in [3.63, 3.8) is 0 Å². The molecule has 1 aliphatic rings. The molecule has 29 heavy (non-hydrogen) atoms. The maximum atomic E-state index is 13.0. The quantitative estimate of drug-likeness (QED) is 0.681. The molecule has 0 bridgehead atoms. The van der Waals surface area contributed by atoms with E-state index in [1.165, 1.54) is 35.5 Å². The third-order valence-electron chi connectivity index (χ3n) is 5.36. The second-order valence-corrected chi connectivity index (χ2v) is 9.12. The molecule has 6 nitrogen and oxygen atoms in total. The Hall–Kier alpha value is -2.51. The van der Waals surface area contributed by atoms with Crippen LogP contribution in [0.2, 0.25) is 0 Å². The highest BCUT2D eigenvalue weighted by molar-refractivity contribution is 7.89. The van der Waals surface area contributed by atoms with Gasteiger partial charge in [0.05, 0.1) is 10.8 Å². The van der Waals surface area contributed by atoms with Gasteiger partial charge in [0.25, 0.3) is 0 Å². The van der Waals surface area contributed by atoms with E-state index in [-0.39, 0.29) is 35.6 Å². The van der Waals surface area contributed by atoms with Crippen LogP contribution < -0.4 is 0 Å². The van der Waals surface area contributed by atoms with Gasteiger partial charge in [-0.05, 0) is 31.0 Å². The zero-order chi connectivity index (χ0) is 21.0. The number of ketones is 1. The highest BCUT2D eigenvalue weighted by Gasteiger charge is 2.32. The molecular formula is C22H26N2O4S. The number of piperazine rings is 1. The monoisotopic (exact) mass is 414 g/mol. The fourth-order valence-electron chi connectivity index (χ4n) is 3.62. The molecule has 1 saturated heterocycles. The van der Waals surface area contributed by atoms with Crippen molar-refractivity contribution in [1.29, 1.82) is 0 Å². The van der Waals surface area contributed by atoms with Gasteiger partial charge in [0, 0.05) is 31.7 Å². The Kier molecular flexibility index (Phi) is 6.49. The first-order chi connectivity index (χ1) is 13.8. The molecule has 0 aromatic heterocycles. The van der Waals surface area contributed by atoms with E-state index in [9.17, 15) is 18.0 Å². The largest absolute Gasteiger partial charge is 0.340 e. The van der Waals surface area contributed by atoms with Crippen LogP contribution in [0.4, 0.5) is 0 Å². The molecule has 3 rings (SSSR count). The Morgan fingerprint density at radius 3 is 2.03 bits per heavy atom. The van der Waals surface area contributed by atoms with Gasteiger partial charge in [0.1, 0.15) is 0 Å². The number of rotatable bonds is 6. The van der Waals surface area contributed by atoms with Gasteiger partial charge < -0.3 is 4.90 Å². The smallest absolute Gasteiger partial charge is 0.243 e. The topological polar surface area (TPSA) is 74.8 Å². The van der Waals surface area contributed by atoms with Crippen molar-refractivity contribution >= 4 is 21.7 Å². The standard InChI is InChI=1S/C22H26N2O4S/c1-3-21(19-7-5-4-6-8-19)22(26)23-13-15-24(16-14-23)29(27,28)20-11-9-18(10-12-20)17(2)25/h4-12,21H,3,13-16H2,1-2H3. The minimum atomic E-state index is -3.65. The summed E-state index contributed by atoms with van der Waals surface area (Å²) in [6.07, 6.45) is 0.698. The van der Waals surface area contributed by atoms with Crippen LogP contribution in [0.15, 0.2) is 59.5 Å². The van der Waals surface area contributed by atoms with E-state index in [2.05, 4.69) is 0 Å². The second-order valence-electron chi connectivity index (χ2n) is 7.18. The lowest BCUT2D eigenvalue weighted by atomic mass is 9.95. The first-order valence-corrected chi connectivity index (χ1v) is 11.2. The Balaban J connectivity index is 1.67. The third-order valence-corrected chi connectivity index (χ3v) is 7.27. The van der Waals surface area contributed by atoms with Crippen LogP contribution in [-0.4, -0.2) is 55.5 Å². The molecule has 1 unspecified atom stereocenters. The molecular weight excluding hydrogens is 388 g/mol. The van der Waals surface area contributed by atoms with Crippen LogP contribution in [0, 0.1) is 0 Å². The summed E-state index contributed by atoms with van der Waals surface area (Å²) in [4.78, 5) is 26.3. The van der Waals surface area contributed by atoms with Gasteiger partial charge >= 0.3 is 0 Å². The van der Waals surface area contributed by atoms with Gasteiger partial charge in [-0.15, -0.1) is 0 Å². The summed E-state index contributed by atoms with van der Waals surface area (Å²) in [5, 5.41) is 0. The molecule has 0 spiro atoms. The van der Waals surface area contributed by atoms with Crippen LogP contribution in [0.3, 0.4) is 0 Å². The van der Waals surface area contributed by atoms with Crippen molar-refractivity contribution in [3.05, 3.63) is 65.7 Å². The number of amides is 1. The Labute approximate surface area is 172 Å². The van der Waals surface area contributed by atoms with Gasteiger partial charge in [-0.1, -0.05) is 49.4 Å². The molecule has 0 aliphatic carbocycles. The molecule has 7 heteroatoms. The minimum Gasteiger partial charge on any atom is -0.340 e. The maximum absolute atomic E-state index is 13.0. The van der Waals surface area contributed by atoms with Crippen molar-refractivity contribution in [2.75, 3.05) is 26.2 Å². The predicted octanol–water partition coefficient (Wildman–Crippen LogP) is 2.92. The average molecular weight is 415 g/mol. The summed E-state index contributed by atoms with van der Waals surface area (Å²) in [6.45, 7) is 4.68. The summed E-state index contributed by atoms with van der Waals surface area (Å²) < 4.78 is 27.2. The third kappa shape index (κ3) is 4.57. The number of benzene rings is 2. The summed E-state index contributed by atoms with van der Waals surface area (Å²) in [5.41, 5.74) is 1.46. The summed E-state index contributed by atoms with van der Waals surface area (Å²) in [5.74, 6) is -0.273. The lowest BCUT2D eigenvalue weighted by Gasteiger charge is -2.35. The molecule has 1 atom stereocenters. The molecule has 1 aliphatic heterocycles. The Morgan fingerprint density at radius 2 is 1.52 bits per heavy atom. The molecule has 0 saturated carbocycles. The SMILES string of the molecule is CCC(C(=O)N1CCN(S(=O)(=O)c2ccc(C(C)=O)cc2)CC1)c1ccccc1. The predicted molar refractivity (Wildman–Crippen MR) is 111 cm³/mol. The van der Waals surface area contributed by atoms with Gasteiger partial charge in [0.2, 0.25) is 15.9 Å². The normalized spacial score (nSPS) is 16.4. The van der Waals surface area contributed by atoms with E-state index in [1.54, 1.807) is 4.90 Å². The van der Waals surface area contributed by atoms with Crippen LogP contribution in [0.1, 0.15) is 42.1 Å². The highest BCUT2D eigenvalue weighted by atomic mass is 32.2. The average Bonchev–Trinajstić information content (AvgIpc) is 2.75. The van der Waals surface area contributed by atoms with Gasteiger partial charge in [-0.2, -0.15) is 4.31 Å². The number of Topliss-reactive ketones (excluding diaryl/α,β-unsaturated/α-hetero) is 1.